The number of methoxy groups -OCH3 is 1. The quantitative estimate of drug-likeness (QED) is 0.604. The van der Waals surface area contributed by atoms with E-state index in [0.717, 1.165) is 12.8 Å². The summed E-state index contributed by atoms with van der Waals surface area (Å²) in [4.78, 5) is 11.4. The van der Waals surface area contributed by atoms with Gasteiger partial charge in [-0.2, -0.15) is 4.98 Å². The fourth-order valence-corrected chi connectivity index (χ4v) is 1.79. The number of ether oxygens (including phenoxy) is 1. The van der Waals surface area contributed by atoms with Crippen molar-refractivity contribution >= 4 is 11.7 Å². The molecule has 7 heteroatoms. The number of rotatable bonds is 4. The lowest BCUT2D eigenvalue weighted by Gasteiger charge is -2.30. The molecule has 7 nitrogen and oxygen atoms in total. The number of fused-ring (bicyclic) bond motifs is 1. The van der Waals surface area contributed by atoms with Crippen molar-refractivity contribution in [1.82, 2.24) is 9.97 Å². The summed E-state index contributed by atoms with van der Waals surface area (Å²) in [5, 5.41) is 3.08. The number of nitrogens with zero attached hydrogens (tertiary/aromatic N) is 2. The topological polar surface area (TPSA) is 114 Å². The second kappa shape index (κ2) is 4.25. The van der Waals surface area contributed by atoms with Gasteiger partial charge >= 0.3 is 0 Å². The average Bonchev–Trinajstić information content (AvgIpc) is 2.69. The second-order valence-corrected chi connectivity index (χ2v) is 4.12. The number of aromatic amines is 1. The molecule has 1 aliphatic heterocycles. The Morgan fingerprint density at radius 1 is 1.47 bits per heavy atom. The van der Waals surface area contributed by atoms with Crippen LogP contribution in [0.1, 0.15) is 31.9 Å². The smallest absolute Gasteiger partial charge is 0.295 e. The molecule has 1 atom stereocenters. The summed E-state index contributed by atoms with van der Waals surface area (Å²) in [6.07, 6.45) is 2.72. The summed E-state index contributed by atoms with van der Waals surface area (Å²) >= 11 is 0. The maximum absolute atomic E-state index is 6.13. The van der Waals surface area contributed by atoms with Crippen molar-refractivity contribution in [3.63, 3.8) is 0 Å². The van der Waals surface area contributed by atoms with Crippen molar-refractivity contribution in [1.29, 1.82) is 0 Å². The largest absolute Gasteiger partial charge is 0.468 e. The van der Waals surface area contributed by atoms with E-state index in [4.69, 9.17) is 16.2 Å². The normalized spacial score (nSPS) is 22.6. The Hall–Kier alpha value is -1.76. The first-order valence-corrected chi connectivity index (χ1v) is 5.64. The molecule has 0 fully saturated rings. The van der Waals surface area contributed by atoms with Gasteiger partial charge in [0.2, 0.25) is 0 Å². The van der Waals surface area contributed by atoms with E-state index in [2.05, 4.69) is 27.2 Å². The Bertz CT molecular complexity index is 440. The number of nitrogens with one attached hydrogen (secondary N) is 2. The molecule has 6 N–H and O–H groups in total. The van der Waals surface area contributed by atoms with E-state index in [9.17, 15) is 0 Å². The molecule has 0 saturated carbocycles. The lowest BCUT2D eigenvalue weighted by Crippen LogP contribution is -2.50. The Labute approximate surface area is 99.6 Å². The molecule has 0 radical (unpaired) electrons. The van der Waals surface area contributed by atoms with E-state index in [1.807, 2.05) is 0 Å². The molecule has 1 unspecified atom stereocenters. The maximum Gasteiger partial charge on any atom is 0.295 e. The highest BCUT2D eigenvalue weighted by Crippen LogP contribution is 2.26. The summed E-state index contributed by atoms with van der Waals surface area (Å²) in [5.41, 5.74) is 12.6. The van der Waals surface area contributed by atoms with E-state index >= 15 is 0 Å². The number of hydrogen-bond donors (Lipinski definition) is 4. The maximum atomic E-state index is 6.13. The number of unbranched alkanes of at least 4 members (excludes halogenated alkanes) is 1. The Morgan fingerprint density at radius 3 is 2.88 bits per heavy atom. The Balaban J connectivity index is 2.27. The highest BCUT2D eigenvalue weighted by Gasteiger charge is 2.32. The summed E-state index contributed by atoms with van der Waals surface area (Å²) < 4.78 is 5.01. The molecule has 1 aliphatic rings. The zero-order chi connectivity index (χ0) is 12.5. The number of H-pyrrole nitrogens is 1. The molecule has 0 spiro atoms. The van der Waals surface area contributed by atoms with E-state index in [-0.39, 0.29) is 0 Å². The molecular formula is C10H18N6O. The average molecular weight is 238 g/mol. The minimum atomic E-state index is -0.868. The van der Waals surface area contributed by atoms with Crippen LogP contribution in [0.2, 0.25) is 0 Å². The number of amidine groups is 1. The van der Waals surface area contributed by atoms with E-state index < -0.39 is 5.79 Å². The molecule has 2 rings (SSSR count). The third-order valence-corrected chi connectivity index (χ3v) is 2.70. The number of hydrogen-bond acceptors (Lipinski definition) is 6. The van der Waals surface area contributed by atoms with Crippen LogP contribution in [-0.4, -0.2) is 28.7 Å². The van der Waals surface area contributed by atoms with Crippen molar-refractivity contribution in [3.05, 3.63) is 5.69 Å². The lowest BCUT2D eigenvalue weighted by atomic mass is 10.1. The van der Waals surface area contributed by atoms with Crippen molar-refractivity contribution < 1.29 is 4.74 Å². The molecule has 2 heterocycles. The van der Waals surface area contributed by atoms with Gasteiger partial charge in [-0.05, 0) is 6.42 Å². The molecule has 94 valence electrons. The van der Waals surface area contributed by atoms with Gasteiger partial charge in [0.05, 0.1) is 7.11 Å². The first kappa shape index (κ1) is 11.7. The van der Waals surface area contributed by atoms with Crippen molar-refractivity contribution in [2.75, 3.05) is 12.4 Å². The van der Waals surface area contributed by atoms with Crippen molar-refractivity contribution in [3.8, 4) is 6.01 Å². The number of anilines is 1. The summed E-state index contributed by atoms with van der Waals surface area (Å²) in [7, 11) is 1.53. The molecular weight excluding hydrogens is 220 g/mol. The van der Waals surface area contributed by atoms with Gasteiger partial charge in [-0.15, -0.1) is 0 Å². The van der Waals surface area contributed by atoms with Crippen molar-refractivity contribution in [2.45, 2.75) is 32.0 Å². The third kappa shape index (κ3) is 2.19. The monoisotopic (exact) mass is 238 g/mol. The molecule has 0 aliphatic carbocycles. The van der Waals surface area contributed by atoms with Crippen LogP contribution in [0, 0.1) is 0 Å². The molecule has 0 amide bonds. The van der Waals surface area contributed by atoms with Crippen LogP contribution in [0.15, 0.2) is 4.99 Å². The van der Waals surface area contributed by atoms with Gasteiger partial charge in [0.1, 0.15) is 11.5 Å². The van der Waals surface area contributed by atoms with Crippen molar-refractivity contribution in [2.24, 2.45) is 16.5 Å². The van der Waals surface area contributed by atoms with Crippen LogP contribution in [0.25, 0.3) is 0 Å². The van der Waals surface area contributed by atoms with Gasteiger partial charge in [-0.3, -0.25) is 5.73 Å². The van der Waals surface area contributed by atoms with Crippen LogP contribution in [0.4, 0.5) is 5.82 Å². The zero-order valence-electron chi connectivity index (χ0n) is 10.1. The second-order valence-electron chi connectivity index (χ2n) is 4.12. The Morgan fingerprint density at radius 2 is 2.24 bits per heavy atom. The van der Waals surface area contributed by atoms with Crippen LogP contribution >= 0.6 is 0 Å². The summed E-state index contributed by atoms with van der Waals surface area (Å²) in [6.45, 7) is 2.10. The Kier molecular flexibility index (Phi) is 2.93. The summed E-state index contributed by atoms with van der Waals surface area (Å²) in [5.74, 6) is 0.0777. The lowest BCUT2D eigenvalue weighted by molar-refractivity contribution is 0.384. The first-order valence-electron chi connectivity index (χ1n) is 5.64. The molecule has 0 bridgehead atoms. The zero-order valence-corrected chi connectivity index (χ0v) is 10.1. The number of imidazole rings is 1. The number of aliphatic imine (C=N–C) groups is 1. The van der Waals surface area contributed by atoms with Crippen LogP contribution in [-0.2, 0) is 0 Å². The van der Waals surface area contributed by atoms with Gasteiger partial charge in [0.25, 0.3) is 6.01 Å². The predicted molar refractivity (Wildman–Crippen MR) is 65.9 cm³/mol. The van der Waals surface area contributed by atoms with Crippen LogP contribution in [0.5, 0.6) is 6.01 Å². The van der Waals surface area contributed by atoms with Gasteiger partial charge in [-0.1, -0.05) is 13.3 Å². The minimum Gasteiger partial charge on any atom is -0.468 e. The van der Waals surface area contributed by atoms with E-state index in [0.29, 0.717) is 29.8 Å². The molecule has 1 aromatic heterocycles. The van der Waals surface area contributed by atoms with Gasteiger partial charge in [-0.25, -0.2) is 4.99 Å². The highest BCUT2D eigenvalue weighted by molar-refractivity contribution is 6.01. The summed E-state index contributed by atoms with van der Waals surface area (Å²) in [6, 6.07) is 0.389. The first-order chi connectivity index (χ1) is 8.08. The standard InChI is InChI=1S/C10H18N6O/c1-3-4-5-10(12)15-7(11)6-8(16-10)14-9(13-6)17-2/h16H,3-5,12H2,1-2H3,(H2,11,15)(H,13,14). The fraction of sp³-hybridized carbons (Fsp3) is 0.600. The predicted octanol–water partition coefficient (Wildman–Crippen LogP) is 0.352. The molecule has 0 aromatic carbocycles. The van der Waals surface area contributed by atoms with Gasteiger partial charge in [0.15, 0.2) is 11.6 Å². The fourth-order valence-electron chi connectivity index (χ4n) is 1.79. The molecule has 0 saturated heterocycles. The van der Waals surface area contributed by atoms with Crippen LogP contribution < -0.4 is 21.5 Å². The molecule has 17 heavy (non-hydrogen) atoms. The van der Waals surface area contributed by atoms with Crippen LogP contribution in [0.3, 0.4) is 0 Å². The van der Waals surface area contributed by atoms with Gasteiger partial charge in [0, 0.05) is 6.42 Å². The minimum absolute atomic E-state index is 0.355. The SMILES string of the molecule is CCCCC1(N)N=C(N)c2[nH]c(OC)nc2N1. The van der Waals surface area contributed by atoms with Gasteiger partial charge < -0.3 is 20.8 Å². The van der Waals surface area contributed by atoms with E-state index in [1.165, 1.54) is 7.11 Å². The molecule has 1 aromatic rings. The third-order valence-electron chi connectivity index (χ3n) is 2.70. The number of nitrogens with two attached hydrogens (primary N) is 2. The van der Waals surface area contributed by atoms with E-state index in [1.54, 1.807) is 0 Å². The highest BCUT2D eigenvalue weighted by atomic mass is 16.5. The number of aromatic nitrogens is 2.